The summed E-state index contributed by atoms with van der Waals surface area (Å²) >= 11 is 0. The van der Waals surface area contributed by atoms with E-state index in [9.17, 15) is 0 Å². The topological polar surface area (TPSA) is 0 Å². The van der Waals surface area contributed by atoms with Crippen molar-refractivity contribution in [2.75, 3.05) is 0 Å². The highest BCUT2D eigenvalue weighted by Gasteiger charge is 2.17. The van der Waals surface area contributed by atoms with E-state index in [2.05, 4.69) is 74.6 Å². The molecule has 0 atom stereocenters. The van der Waals surface area contributed by atoms with Crippen LogP contribution in [0, 0.1) is 5.41 Å². The summed E-state index contributed by atoms with van der Waals surface area (Å²) in [7, 11) is 0. The van der Waals surface area contributed by atoms with Gasteiger partial charge in [0.05, 0.1) is 0 Å². The molecule has 2 aliphatic carbocycles. The lowest BCUT2D eigenvalue weighted by atomic mass is 9.82. The van der Waals surface area contributed by atoms with E-state index in [1.165, 1.54) is 62.5 Å². The van der Waals surface area contributed by atoms with Gasteiger partial charge in [-0.3, -0.25) is 0 Å². The molecule has 0 N–H and O–H groups in total. The van der Waals surface area contributed by atoms with Crippen molar-refractivity contribution in [2.24, 2.45) is 5.41 Å². The molecule has 0 fully saturated rings. The molecule has 0 heterocycles. The summed E-state index contributed by atoms with van der Waals surface area (Å²) in [5, 5.41) is 0. The van der Waals surface area contributed by atoms with E-state index in [-0.39, 0.29) is 0 Å². The fraction of sp³-hybridized carbons (Fsp3) is 0.478. The van der Waals surface area contributed by atoms with Gasteiger partial charge in [-0.15, -0.1) is 0 Å². The largest absolute Gasteiger partial charge is 0.0623 e. The zero-order chi connectivity index (χ0) is 16.4. The minimum Gasteiger partial charge on any atom is -0.0623 e. The van der Waals surface area contributed by atoms with Crippen molar-refractivity contribution in [3.05, 3.63) is 71.9 Å². The highest BCUT2D eigenvalue weighted by Crippen LogP contribution is 2.33. The van der Waals surface area contributed by atoms with Gasteiger partial charge in [0.25, 0.3) is 0 Å². The smallest absolute Gasteiger partial charge is 0.0276 e. The van der Waals surface area contributed by atoms with Crippen molar-refractivity contribution >= 4 is 0 Å². The average Bonchev–Trinajstić information content (AvgIpc) is 2.53. The maximum atomic E-state index is 2.44. The Labute approximate surface area is 143 Å². The minimum atomic E-state index is 0.520. The summed E-state index contributed by atoms with van der Waals surface area (Å²) in [5.41, 5.74) is 3.58. The molecule has 0 aliphatic heterocycles. The summed E-state index contributed by atoms with van der Waals surface area (Å²) in [4.78, 5) is 0. The molecule has 0 bridgehead atoms. The fourth-order valence-electron chi connectivity index (χ4n) is 3.39. The van der Waals surface area contributed by atoms with Gasteiger partial charge in [-0.1, -0.05) is 87.4 Å². The molecule has 2 rings (SSSR count). The average molecular weight is 309 g/mol. The van der Waals surface area contributed by atoms with E-state index in [1.54, 1.807) is 0 Å². The standard InChI is InChI=1S/C23H32/c1-23(2)19-13-11-17-21-15-9-7-5-3-4-6-8-10-16-22(21)18-12-14-20-23/h3-10,15-16H,11-14,17-20H2,1-2H3. The zero-order valence-electron chi connectivity index (χ0n) is 14.9. The molecular formula is C23H32. The Balaban J connectivity index is 2.20. The third kappa shape index (κ3) is 7.03. The summed E-state index contributed by atoms with van der Waals surface area (Å²) < 4.78 is 0. The van der Waals surface area contributed by atoms with Crippen molar-refractivity contribution in [3.8, 4) is 0 Å². The molecule has 0 radical (unpaired) electrons. The van der Waals surface area contributed by atoms with Crippen LogP contribution in [0.25, 0.3) is 0 Å². The Kier molecular flexibility index (Phi) is 7.39. The van der Waals surface area contributed by atoms with E-state index in [1.807, 2.05) is 0 Å². The van der Waals surface area contributed by atoms with Gasteiger partial charge >= 0.3 is 0 Å². The van der Waals surface area contributed by atoms with Crippen molar-refractivity contribution < 1.29 is 0 Å². The molecule has 0 nitrogen and oxygen atoms in total. The number of hydrogen-bond donors (Lipinski definition) is 0. The number of hydrogen-bond acceptors (Lipinski definition) is 0. The molecule has 0 amide bonds. The van der Waals surface area contributed by atoms with E-state index < -0.39 is 0 Å². The monoisotopic (exact) mass is 308 g/mol. The maximum Gasteiger partial charge on any atom is -0.0276 e. The van der Waals surface area contributed by atoms with Gasteiger partial charge in [0.1, 0.15) is 0 Å². The van der Waals surface area contributed by atoms with Crippen LogP contribution in [0.4, 0.5) is 0 Å². The van der Waals surface area contributed by atoms with Gasteiger partial charge in [0.15, 0.2) is 0 Å². The fourth-order valence-corrected chi connectivity index (χ4v) is 3.39. The second kappa shape index (κ2) is 9.55. The second-order valence-corrected chi connectivity index (χ2v) is 7.50. The molecule has 0 saturated heterocycles. The molecule has 0 aromatic carbocycles. The Morgan fingerprint density at radius 2 is 0.957 bits per heavy atom. The maximum absolute atomic E-state index is 2.44. The Morgan fingerprint density at radius 1 is 0.565 bits per heavy atom. The second-order valence-electron chi connectivity index (χ2n) is 7.50. The van der Waals surface area contributed by atoms with Crippen LogP contribution in [0.3, 0.4) is 0 Å². The normalized spacial score (nSPS) is 22.9. The first-order valence-electron chi connectivity index (χ1n) is 9.24. The number of allylic oxidation sites excluding steroid dienone is 12. The Bertz CT molecular complexity index is 486. The van der Waals surface area contributed by atoms with Crippen LogP contribution in [0.1, 0.15) is 65.2 Å². The predicted molar refractivity (Wildman–Crippen MR) is 103 cm³/mol. The van der Waals surface area contributed by atoms with Gasteiger partial charge in [-0.05, 0) is 55.1 Å². The lowest BCUT2D eigenvalue weighted by molar-refractivity contribution is 0.286. The van der Waals surface area contributed by atoms with Crippen LogP contribution < -0.4 is 0 Å². The van der Waals surface area contributed by atoms with Crippen molar-refractivity contribution in [1.29, 1.82) is 0 Å². The van der Waals surface area contributed by atoms with Gasteiger partial charge in [0, 0.05) is 0 Å². The van der Waals surface area contributed by atoms with E-state index in [4.69, 9.17) is 0 Å². The van der Waals surface area contributed by atoms with E-state index in [0.29, 0.717) is 5.41 Å². The van der Waals surface area contributed by atoms with Gasteiger partial charge in [-0.2, -0.15) is 0 Å². The quantitative estimate of drug-likeness (QED) is 0.442. The van der Waals surface area contributed by atoms with Crippen LogP contribution in [-0.4, -0.2) is 0 Å². The van der Waals surface area contributed by atoms with Gasteiger partial charge in [-0.25, -0.2) is 0 Å². The van der Waals surface area contributed by atoms with Crippen molar-refractivity contribution in [1.82, 2.24) is 0 Å². The van der Waals surface area contributed by atoms with Crippen LogP contribution in [0.15, 0.2) is 71.9 Å². The molecule has 0 saturated carbocycles. The first-order valence-corrected chi connectivity index (χ1v) is 9.24. The molecule has 23 heavy (non-hydrogen) atoms. The summed E-state index contributed by atoms with van der Waals surface area (Å²) in [6.45, 7) is 4.88. The minimum absolute atomic E-state index is 0.520. The SMILES string of the molecule is CC1(C)CCCCC2=C(C=CC=CC=CC=CC=C2)CCCC1. The van der Waals surface area contributed by atoms with Crippen molar-refractivity contribution in [2.45, 2.75) is 65.2 Å². The summed E-state index contributed by atoms with van der Waals surface area (Å²) in [6, 6.07) is 0. The molecular weight excluding hydrogens is 276 g/mol. The number of rotatable bonds is 0. The van der Waals surface area contributed by atoms with Crippen LogP contribution in [-0.2, 0) is 0 Å². The molecule has 0 unspecified atom stereocenters. The van der Waals surface area contributed by atoms with Crippen LogP contribution >= 0.6 is 0 Å². The molecule has 0 heteroatoms. The third-order valence-corrected chi connectivity index (χ3v) is 4.88. The first-order chi connectivity index (χ1) is 11.2. The molecule has 2 aliphatic rings. The lowest BCUT2D eigenvalue weighted by Gasteiger charge is -2.24. The van der Waals surface area contributed by atoms with Gasteiger partial charge < -0.3 is 0 Å². The highest BCUT2D eigenvalue weighted by atomic mass is 14.2. The lowest BCUT2D eigenvalue weighted by Crippen LogP contribution is -2.10. The Hall–Kier alpha value is -1.56. The third-order valence-electron chi connectivity index (χ3n) is 4.88. The zero-order valence-corrected chi connectivity index (χ0v) is 14.9. The van der Waals surface area contributed by atoms with E-state index in [0.717, 1.165) is 0 Å². The summed E-state index contributed by atoms with van der Waals surface area (Å²) in [5.74, 6) is 0. The Morgan fingerprint density at radius 3 is 1.39 bits per heavy atom. The summed E-state index contributed by atoms with van der Waals surface area (Å²) in [6.07, 6.45) is 32.1. The van der Waals surface area contributed by atoms with Gasteiger partial charge in [0.2, 0.25) is 0 Å². The predicted octanol–water partition coefficient (Wildman–Crippen LogP) is 7.24. The van der Waals surface area contributed by atoms with E-state index >= 15 is 0 Å². The van der Waals surface area contributed by atoms with Crippen LogP contribution in [0.5, 0.6) is 0 Å². The first kappa shape index (κ1) is 17.8. The van der Waals surface area contributed by atoms with Crippen molar-refractivity contribution in [3.63, 3.8) is 0 Å². The molecule has 124 valence electrons. The molecule has 0 aromatic heterocycles. The molecule has 0 spiro atoms. The molecule has 0 aromatic rings. The van der Waals surface area contributed by atoms with Crippen LogP contribution in [0.2, 0.25) is 0 Å². The highest BCUT2D eigenvalue weighted by molar-refractivity contribution is 5.36.